The number of ether oxygens (including phenoxy) is 1. The van der Waals surface area contributed by atoms with Crippen LogP contribution in [-0.2, 0) is 9.53 Å². The first kappa shape index (κ1) is 11.0. The smallest absolute Gasteiger partial charge is 0.312 e. The first-order chi connectivity index (χ1) is 6.91. The van der Waals surface area contributed by atoms with Gasteiger partial charge < -0.3 is 4.74 Å². The van der Waals surface area contributed by atoms with Gasteiger partial charge in [0.05, 0.1) is 5.41 Å². The molecule has 2 nitrogen and oxygen atoms in total. The third kappa shape index (κ3) is 2.19. The topological polar surface area (TPSA) is 26.3 Å². The van der Waals surface area contributed by atoms with E-state index in [2.05, 4.69) is 0 Å². The van der Waals surface area contributed by atoms with Crippen molar-refractivity contribution in [3.8, 4) is 0 Å². The Morgan fingerprint density at radius 3 is 2.67 bits per heavy atom. The normalized spacial score (nSPS) is 35.3. The molecule has 2 bridgehead atoms. The van der Waals surface area contributed by atoms with Crippen LogP contribution in [0.4, 0.5) is 0 Å². The monoisotopic (exact) mass is 210 g/mol. The van der Waals surface area contributed by atoms with Gasteiger partial charge in [-0.15, -0.1) is 0 Å². The maximum absolute atomic E-state index is 12.2. The Balaban J connectivity index is 2.06. The van der Waals surface area contributed by atoms with E-state index in [9.17, 15) is 4.79 Å². The van der Waals surface area contributed by atoms with Crippen molar-refractivity contribution >= 4 is 5.97 Å². The number of hydrogen-bond acceptors (Lipinski definition) is 2. The number of rotatable bonds is 1. The molecule has 0 radical (unpaired) electrons. The summed E-state index contributed by atoms with van der Waals surface area (Å²) in [4.78, 5) is 12.2. The average molecular weight is 210 g/mol. The highest BCUT2D eigenvalue weighted by Crippen LogP contribution is 2.52. The summed E-state index contributed by atoms with van der Waals surface area (Å²) in [5, 5.41) is 0. The molecule has 0 saturated heterocycles. The molecule has 2 saturated carbocycles. The van der Waals surface area contributed by atoms with Crippen molar-refractivity contribution in [3.05, 3.63) is 0 Å². The quantitative estimate of drug-likeness (QED) is 0.621. The molecule has 0 aliphatic heterocycles. The Bertz CT molecular complexity index is 260. The summed E-state index contributed by atoms with van der Waals surface area (Å²) in [6, 6.07) is 0. The Kier molecular flexibility index (Phi) is 2.56. The van der Waals surface area contributed by atoms with Gasteiger partial charge in [0.25, 0.3) is 0 Å². The van der Waals surface area contributed by atoms with E-state index in [1.54, 1.807) is 0 Å². The fourth-order valence-corrected chi connectivity index (χ4v) is 3.11. The lowest BCUT2D eigenvalue weighted by Crippen LogP contribution is -2.37. The summed E-state index contributed by atoms with van der Waals surface area (Å²) in [5.74, 6) is 0.864. The van der Waals surface area contributed by atoms with E-state index in [0.29, 0.717) is 0 Å². The van der Waals surface area contributed by atoms with Crippen molar-refractivity contribution in [1.82, 2.24) is 0 Å². The molecule has 0 aromatic rings. The molecule has 2 atom stereocenters. The molecule has 2 unspecified atom stereocenters. The third-order valence-corrected chi connectivity index (χ3v) is 3.81. The SMILES string of the molecule is CC(C)(C)OC(=O)C12CCCC(CC1)C2. The van der Waals surface area contributed by atoms with Crippen LogP contribution in [0.3, 0.4) is 0 Å². The van der Waals surface area contributed by atoms with Crippen molar-refractivity contribution in [2.45, 2.75) is 64.9 Å². The van der Waals surface area contributed by atoms with Gasteiger partial charge in [-0.1, -0.05) is 12.8 Å². The Morgan fingerprint density at radius 2 is 2.00 bits per heavy atom. The number of fused-ring (bicyclic) bond motifs is 2. The summed E-state index contributed by atoms with van der Waals surface area (Å²) < 4.78 is 5.56. The summed E-state index contributed by atoms with van der Waals surface area (Å²) in [6.45, 7) is 5.87. The minimum absolute atomic E-state index is 0.0669. The molecular weight excluding hydrogens is 188 g/mol. The fourth-order valence-electron chi connectivity index (χ4n) is 3.11. The van der Waals surface area contributed by atoms with Crippen LogP contribution in [-0.4, -0.2) is 11.6 Å². The van der Waals surface area contributed by atoms with Crippen LogP contribution in [0.5, 0.6) is 0 Å². The van der Waals surface area contributed by atoms with Gasteiger partial charge in [0, 0.05) is 0 Å². The fraction of sp³-hybridized carbons (Fsp3) is 0.923. The summed E-state index contributed by atoms with van der Waals surface area (Å²) in [7, 11) is 0. The standard InChI is InChI=1S/C13H22O2/c1-12(2,3)15-11(14)13-7-4-5-10(9-13)6-8-13/h10H,4-9H2,1-3H3. The van der Waals surface area contributed by atoms with Gasteiger partial charge in [-0.05, 0) is 52.4 Å². The van der Waals surface area contributed by atoms with E-state index >= 15 is 0 Å². The van der Waals surface area contributed by atoms with Crippen LogP contribution >= 0.6 is 0 Å². The summed E-state index contributed by atoms with van der Waals surface area (Å²) in [6.07, 6.45) is 6.97. The minimum Gasteiger partial charge on any atom is -0.460 e. The zero-order valence-electron chi connectivity index (χ0n) is 10.1. The van der Waals surface area contributed by atoms with Crippen LogP contribution in [0.25, 0.3) is 0 Å². The maximum atomic E-state index is 12.2. The molecule has 2 aliphatic rings. The van der Waals surface area contributed by atoms with E-state index in [1.165, 1.54) is 19.3 Å². The van der Waals surface area contributed by atoms with Gasteiger partial charge in [0.2, 0.25) is 0 Å². The highest BCUT2D eigenvalue weighted by Gasteiger charge is 2.49. The van der Waals surface area contributed by atoms with E-state index in [0.717, 1.165) is 25.2 Å². The van der Waals surface area contributed by atoms with E-state index in [4.69, 9.17) is 4.74 Å². The zero-order chi connectivity index (χ0) is 11.1. The second-order valence-corrected chi connectivity index (χ2v) is 6.28. The molecule has 0 spiro atoms. The molecule has 0 N–H and O–H groups in total. The Hall–Kier alpha value is -0.530. The van der Waals surface area contributed by atoms with Crippen LogP contribution in [0.2, 0.25) is 0 Å². The highest BCUT2D eigenvalue weighted by molar-refractivity contribution is 5.77. The number of carbonyl (C=O) groups excluding carboxylic acids is 1. The van der Waals surface area contributed by atoms with Gasteiger partial charge in [-0.2, -0.15) is 0 Å². The second-order valence-electron chi connectivity index (χ2n) is 6.28. The number of carbonyl (C=O) groups is 1. The van der Waals surface area contributed by atoms with Crippen LogP contribution < -0.4 is 0 Å². The molecule has 2 aliphatic carbocycles. The maximum Gasteiger partial charge on any atom is 0.312 e. The predicted molar refractivity (Wildman–Crippen MR) is 59.5 cm³/mol. The van der Waals surface area contributed by atoms with Gasteiger partial charge in [0.1, 0.15) is 5.60 Å². The summed E-state index contributed by atoms with van der Waals surface area (Å²) >= 11 is 0. The van der Waals surface area contributed by atoms with Crippen molar-refractivity contribution in [1.29, 1.82) is 0 Å². The predicted octanol–water partition coefficient (Wildman–Crippen LogP) is 3.30. The molecule has 0 aromatic carbocycles. The molecule has 86 valence electrons. The van der Waals surface area contributed by atoms with Gasteiger partial charge in [-0.25, -0.2) is 0 Å². The third-order valence-electron chi connectivity index (χ3n) is 3.81. The van der Waals surface area contributed by atoms with E-state index < -0.39 is 0 Å². The number of esters is 1. The van der Waals surface area contributed by atoms with Crippen LogP contribution in [0.1, 0.15) is 59.3 Å². The highest BCUT2D eigenvalue weighted by atomic mass is 16.6. The average Bonchev–Trinajstić information content (AvgIpc) is 2.41. The second kappa shape index (κ2) is 3.50. The van der Waals surface area contributed by atoms with Gasteiger partial charge in [-0.3, -0.25) is 4.79 Å². The van der Waals surface area contributed by atoms with Crippen molar-refractivity contribution in [2.24, 2.45) is 11.3 Å². The Morgan fingerprint density at radius 1 is 1.27 bits per heavy atom. The molecule has 2 heteroatoms. The van der Waals surface area contributed by atoms with Crippen molar-refractivity contribution in [3.63, 3.8) is 0 Å². The summed E-state index contributed by atoms with van der Waals surface area (Å²) in [5.41, 5.74) is -0.433. The Labute approximate surface area is 92.4 Å². The molecule has 0 aromatic heterocycles. The van der Waals surface area contributed by atoms with Crippen LogP contribution in [0, 0.1) is 11.3 Å². The molecule has 15 heavy (non-hydrogen) atoms. The van der Waals surface area contributed by atoms with Crippen LogP contribution in [0.15, 0.2) is 0 Å². The van der Waals surface area contributed by atoms with Gasteiger partial charge in [0.15, 0.2) is 0 Å². The zero-order valence-corrected chi connectivity index (χ0v) is 10.1. The lowest BCUT2D eigenvalue weighted by Gasteiger charge is -2.33. The molecule has 0 heterocycles. The number of hydrogen-bond donors (Lipinski definition) is 0. The minimum atomic E-state index is -0.332. The largest absolute Gasteiger partial charge is 0.460 e. The first-order valence-electron chi connectivity index (χ1n) is 6.15. The van der Waals surface area contributed by atoms with Crippen molar-refractivity contribution < 1.29 is 9.53 Å². The lowest BCUT2D eigenvalue weighted by atomic mass is 9.76. The van der Waals surface area contributed by atoms with Crippen molar-refractivity contribution in [2.75, 3.05) is 0 Å². The van der Waals surface area contributed by atoms with Gasteiger partial charge >= 0.3 is 5.97 Å². The van der Waals surface area contributed by atoms with E-state index in [-0.39, 0.29) is 17.0 Å². The molecule has 2 rings (SSSR count). The first-order valence-corrected chi connectivity index (χ1v) is 6.15. The molecule has 2 fully saturated rings. The lowest BCUT2D eigenvalue weighted by molar-refractivity contribution is -0.168. The van der Waals surface area contributed by atoms with E-state index in [1.807, 2.05) is 20.8 Å². The molecule has 0 amide bonds. The molecular formula is C13H22O2.